The minimum absolute atomic E-state index is 0.278. The molecule has 2 aromatic rings. The first-order valence-electron chi connectivity index (χ1n) is 6.17. The monoisotopic (exact) mass is 251 g/mol. The molecule has 94 valence electrons. The maximum Gasteiger partial charge on any atom is 0.415 e. The second-order valence-electron chi connectivity index (χ2n) is 4.34. The summed E-state index contributed by atoms with van der Waals surface area (Å²) >= 11 is 0. The number of anilines is 1. The highest BCUT2D eigenvalue weighted by Crippen LogP contribution is 2.30. The Morgan fingerprint density at radius 1 is 1.11 bits per heavy atom. The van der Waals surface area contributed by atoms with Gasteiger partial charge in [-0.15, -0.1) is 0 Å². The smallest absolute Gasteiger partial charge is 0.415 e. The quantitative estimate of drug-likeness (QED) is 0.818. The Morgan fingerprint density at radius 3 is 2.68 bits per heavy atom. The molecular formula is C16H13NO2. The van der Waals surface area contributed by atoms with Crippen molar-refractivity contribution in [2.75, 3.05) is 4.90 Å². The summed E-state index contributed by atoms with van der Waals surface area (Å²) < 4.78 is 5.29. The van der Waals surface area contributed by atoms with Crippen molar-refractivity contribution >= 4 is 11.8 Å². The molecule has 2 aromatic carbocycles. The summed E-state index contributed by atoms with van der Waals surface area (Å²) in [7, 11) is 0. The van der Waals surface area contributed by atoms with Gasteiger partial charge in [-0.05, 0) is 17.2 Å². The summed E-state index contributed by atoms with van der Waals surface area (Å²) in [5.74, 6) is 0. The molecule has 0 aromatic heterocycles. The summed E-state index contributed by atoms with van der Waals surface area (Å²) in [5.41, 5.74) is 2.93. The van der Waals surface area contributed by atoms with E-state index < -0.39 is 0 Å². The van der Waals surface area contributed by atoms with E-state index in [4.69, 9.17) is 4.74 Å². The van der Waals surface area contributed by atoms with Crippen LogP contribution in [0.1, 0.15) is 11.1 Å². The van der Waals surface area contributed by atoms with Gasteiger partial charge >= 0.3 is 6.09 Å². The molecule has 1 aliphatic rings. The van der Waals surface area contributed by atoms with Gasteiger partial charge in [-0.3, -0.25) is 4.90 Å². The zero-order chi connectivity index (χ0) is 13.1. The van der Waals surface area contributed by atoms with E-state index in [0.717, 1.165) is 16.8 Å². The van der Waals surface area contributed by atoms with E-state index in [0.29, 0.717) is 6.42 Å². The average molecular weight is 251 g/mol. The number of benzene rings is 2. The standard InChI is InChI=1S/C16H13NO2/c18-16(19-12-13-6-2-1-3-7-13)17-11-10-14-8-4-5-9-15(14)17/h1-9H,10,12H2. The normalized spacial score (nSPS) is 13.2. The highest BCUT2D eigenvalue weighted by atomic mass is 16.6. The van der Waals surface area contributed by atoms with Gasteiger partial charge < -0.3 is 4.74 Å². The molecule has 0 fully saturated rings. The minimum atomic E-state index is -0.381. The Balaban J connectivity index is 1.66. The van der Waals surface area contributed by atoms with Crippen LogP contribution in [0.2, 0.25) is 0 Å². The molecule has 0 saturated heterocycles. The van der Waals surface area contributed by atoms with E-state index in [1.54, 1.807) is 0 Å². The SMILES string of the molecule is O=C(OCc1ccccc1)N1[C]Cc2ccccc21. The number of para-hydroxylation sites is 1. The fraction of sp³-hybridized carbons (Fsp3) is 0.125. The Hall–Kier alpha value is -2.29. The molecule has 3 nitrogen and oxygen atoms in total. The number of nitrogens with zero attached hydrogens (tertiary/aromatic N) is 1. The Kier molecular flexibility index (Phi) is 3.19. The highest BCUT2D eigenvalue weighted by Gasteiger charge is 2.26. The molecular weight excluding hydrogens is 238 g/mol. The van der Waals surface area contributed by atoms with Crippen molar-refractivity contribution in [3.63, 3.8) is 0 Å². The molecule has 0 saturated carbocycles. The molecule has 19 heavy (non-hydrogen) atoms. The van der Waals surface area contributed by atoms with Gasteiger partial charge in [0.15, 0.2) is 0 Å². The van der Waals surface area contributed by atoms with E-state index >= 15 is 0 Å². The molecule has 2 radical (unpaired) electrons. The van der Waals surface area contributed by atoms with Crippen LogP contribution in [0.25, 0.3) is 0 Å². The molecule has 0 aliphatic carbocycles. The van der Waals surface area contributed by atoms with Crippen LogP contribution in [0.5, 0.6) is 0 Å². The third kappa shape index (κ3) is 2.45. The van der Waals surface area contributed by atoms with Gasteiger partial charge in [-0.25, -0.2) is 4.79 Å². The van der Waals surface area contributed by atoms with Crippen molar-refractivity contribution in [2.45, 2.75) is 13.0 Å². The van der Waals surface area contributed by atoms with E-state index in [1.807, 2.05) is 54.6 Å². The van der Waals surface area contributed by atoms with Gasteiger partial charge in [0.05, 0.1) is 5.69 Å². The lowest BCUT2D eigenvalue weighted by atomic mass is 10.2. The highest BCUT2D eigenvalue weighted by molar-refractivity contribution is 5.91. The molecule has 1 amide bonds. The van der Waals surface area contributed by atoms with E-state index in [9.17, 15) is 4.79 Å². The van der Waals surface area contributed by atoms with Gasteiger partial charge in [0.25, 0.3) is 0 Å². The van der Waals surface area contributed by atoms with Crippen LogP contribution in [0.3, 0.4) is 0 Å². The number of hydrogen-bond donors (Lipinski definition) is 0. The van der Waals surface area contributed by atoms with Gasteiger partial charge in [-0.1, -0.05) is 48.5 Å². The third-order valence-electron chi connectivity index (χ3n) is 3.05. The molecule has 3 rings (SSSR count). The number of carbonyl (C=O) groups is 1. The zero-order valence-electron chi connectivity index (χ0n) is 10.4. The predicted molar refractivity (Wildman–Crippen MR) is 72.5 cm³/mol. The molecule has 0 spiro atoms. The molecule has 0 unspecified atom stereocenters. The largest absolute Gasteiger partial charge is 0.444 e. The van der Waals surface area contributed by atoms with Crippen LogP contribution in [0.4, 0.5) is 10.5 Å². The van der Waals surface area contributed by atoms with Gasteiger partial charge in [-0.2, -0.15) is 0 Å². The molecule has 0 bridgehead atoms. The molecule has 0 N–H and O–H groups in total. The van der Waals surface area contributed by atoms with Crippen molar-refractivity contribution in [1.29, 1.82) is 0 Å². The van der Waals surface area contributed by atoms with Crippen molar-refractivity contribution in [3.05, 3.63) is 72.3 Å². The molecule has 3 heteroatoms. The van der Waals surface area contributed by atoms with Crippen LogP contribution in [0.15, 0.2) is 54.6 Å². The fourth-order valence-electron chi connectivity index (χ4n) is 2.07. The zero-order valence-corrected chi connectivity index (χ0v) is 10.4. The Morgan fingerprint density at radius 2 is 1.84 bits per heavy atom. The van der Waals surface area contributed by atoms with Crippen molar-refractivity contribution in [1.82, 2.24) is 0 Å². The van der Waals surface area contributed by atoms with Crippen LogP contribution >= 0.6 is 0 Å². The molecule has 1 heterocycles. The predicted octanol–water partition coefficient (Wildman–Crippen LogP) is 3.42. The van der Waals surface area contributed by atoms with Crippen molar-refractivity contribution < 1.29 is 9.53 Å². The first-order valence-corrected chi connectivity index (χ1v) is 6.17. The average Bonchev–Trinajstić information content (AvgIpc) is 2.90. The number of carbonyl (C=O) groups excluding carboxylic acids is 1. The van der Waals surface area contributed by atoms with E-state index in [-0.39, 0.29) is 12.7 Å². The lowest BCUT2D eigenvalue weighted by molar-refractivity contribution is 0.149. The lowest BCUT2D eigenvalue weighted by Gasteiger charge is -2.16. The number of hydrogen-bond acceptors (Lipinski definition) is 2. The summed E-state index contributed by atoms with van der Waals surface area (Å²) in [6, 6.07) is 17.4. The van der Waals surface area contributed by atoms with Gasteiger partial charge in [0.1, 0.15) is 13.2 Å². The number of amides is 1. The number of ether oxygens (including phenoxy) is 1. The van der Waals surface area contributed by atoms with Crippen LogP contribution in [-0.4, -0.2) is 6.09 Å². The molecule has 1 aliphatic heterocycles. The second kappa shape index (κ2) is 5.14. The van der Waals surface area contributed by atoms with E-state index in [1.165, 1.54) is 4.90 Å². The Labute approximate surface area is 112 Å². The third-order valence-corrected chi connectivity index (χ3v) is 3.05. The summed E-state index contributed by atoms with van der Waals surface area (Å²) in [4.78, 5) is 13.5. The first kappa shape index (κ1) is 11.8. The Bertz CT molecular complexity index is 580. The minimum Gasteiger partial charge on any atom is -0.444 e. The second-order valence-corrected chi connectivity index (χ2v) is 4.34. The van der Waals surface area contributed by atoms with Crippen LogP contribution in [-0.2, 0) is 17.8 Å². The topological polar surface area (TPSA) is 29.5 Å². The van der Waals surface area contributed by atoms with Gasteiger partial charge in [0.2, 0.25) is 0 Å². The van der Waals surface area contributed by atoms with Crippen LogP contribution in [0, 0.1) is 6.54 Å². The first-order chi connectivity index (χ1) is 9.34. The summed E-state index contributed by atoms with van der Waals surface area (Å²) in [6.45, 7) is 3.29. The van der Waals surface area contributed by atoms with Crippen molar-refractivity contribution in [2.24, 2.45) is 0 Å². The van der Waals surface area contributed by atoms with Crippen molar-refractivity contribution in [3.8, 4) is 0 Å². The summed E-state index contributed by atoms with van der Waals surface area (Å²) in [5, 5.41) is 0. The maximum atomic E-state index is 12.0. The lowest BCUT2D eigenvalue weighted by Crippen LogP contribution is -2.26. The maximum absolute atomic E-state index is 12.0. The number of fused-ring (bicyclic) bond motifs is 1. The molecule has 0 atom stereocenters. The van der Waals surface area contributed by atoms with E-state index in [2.05, 4.69) is 6.54 Å². The van der Waals surface area contributed by atoms with Gasteiger partial charge in [0, 0.05) is 6.42 Å². The fourth-order valence-corrected chi connectivity index (χ4v) is 2.07. The van der Waals surface area contributed by atoms with Crippen LogP contribution < -0.4 is 4.90 Å². The summed E-state index contributed by atoms with van der Waals surface area (Å²) in [6.07, 6.45) is 0.269. The number of rotatable bonds is 2.